The summed E-state index contributed by atoms with van der Waals surface area (Å²) in [5.74, 6) is 1.01. The van der Waals surface area contributed by atoms with Gasteiger partial charge >= 0.3 is 0 Å². The zero-order valence-corrected chi connectivity index (χ0v) is 13.2. The minimum atomic E-state index is -0.278. The highest BCUT2D eigenvalue weighted by Gasteiger charge is 2.18. The van der Waals surface area contributed by atoms with E-state index in [2.05, 4.69) is 5.32 Å². The normalized spacial score (nSPS) is 13.8. The Labute approximate surface area is 137 Å². The molecule has 0 bridgehead atoms. The summed E-state index contributed by atoms with van der Waals surface area (Å²) in [4.78, 5) is 13.3. The van der Waals surface area contributed by atoms with Crippen LogP contribution in [0.5, 0.6) is 11.5 Å². The summed E-state index contributed by atoms with van der Waals surface area (Å²) in [7, 11) is 0. The minimum Gasteiger partial charge on any atom is -0.454 e. The van der Waals surface area contributed by atoms with Crippen molar-refractivity contribution < 1.29 is 24.1 Å². The second-order valence-electron chi connectivity index (χ2n) is 4.88. The van der Waals surface area contributed by atoms with Gasteiger partial charge in [0, 0.05) is 17.0 Å². The molecule has 3 rings (SSSR count). The van der Waals surface area contributed by atoms with E-state index in [9.17, 15) is 4.79 Å². The number of carbonyl (C=O) groups is 1. The van der Waals surface area contributed by atoms with Crippen LogP contribution in [0.4, 0.5) is 0 Å². The summed E-state index contributed by atoms with van der Waals surface area (Å²) >= 11 is 1.55. The average molecular weight is 335 g/mol. The van der Waals surface area contributed by atoms with E-state index >= 15 is 0 Å². The van der Waals surface area contributed by atoms with Gasteiger partial charge < -0.3 is 24.6 Å². The van der Waals surface area contributed by atoms with Gasteiger partial charge in [0.05, 0.1) is 13.2 Å². The van der Waals surface area contributed by atoms with Gasteiger partial charge in [0.15, 0.2) is 11.5 Å². The van der Waals surface area contributed by atoms with Crippen molar-refractivity contribution in [3.63, 3.8) is 0 Å². The number of aliphatic hydroxyl groups is 1. The van der Waals surface area contributed by atoms with Crippen LogP contribution in [0.2, 0.25) is 0 Å². The van der Waals surface area contributed by atoms with Crippen molar-refractivity contribution in [3.05, 3.63) is 46.2 Å². The minimum absolute atomic E-state index is 0.0576. The Hall–Kier alpha value is -2.09. The number of amides is 1. The molecule has 7 heteroatoms. The van der Waals surface area contributed by atoms with Crippen molar-refractivity contribution in [1.29, 1.82) is 0 Å². The van der Waals surface area contributed by atoms with Crippen LogP contribution in [0.15, 0.2) is 35.7 Å². The maximum atomic E-state index is 12.3. The van der Waals surface area contributed by atoms with Crippen molar-refractivity contribution in [2.24, 2.45) is 0 Å². The Bertz CT molecular complexity index is 658. The second kappa shape index (κ2) is 7.45. The maximum Gasteiger partial charge on any atom is 0.251 e. The molecule has 1 aromatic heterocycles. The highest BCUT2D eigenvalue weighted by atomic mass is 32.1. The van der Waals surface area contributed by atoms with Crippen LogP contribution in [-0.4, -0.2) is 37.6 Å². The summed E-state index contributed by atoms with van der Waals surface area (Å²) < 4.78 is 16.1. The molecule has 1 atom stereocenters. The number of rotatable bonds is 7. The Morgan fingerprint density at radius 2 is 2.22 bits per heavy atom. The Morgan fingerprint density at radius 1 is 1.35 bits per heavy atom. The molecular formula is C16H17NO5S. The van der Waals surface area contributed by atoms with E-state index in [-0.39, 0.29) is 32.0 Å². The van der Waals surface area contributed by atoms with Crippen LogP contribution in [0.1, 0.15) is 21.3 Å². The SMILES string of the molecule is O=C(NC[C@H](OCCO)c1cccs1)c1ccc2c(c1)OCO2. The van der Waals surface area contributed by atoms with E-state index < -0.39 is 0 Å². The van der Waals surface area contributed by atoms with Gasteiger partial charge in [0.1, 0.15) is 6.10 Å². The molecular weight excluding hydrogens is 318 g/mol. The van der Waals surface area contributed by atoms with Crippen molar-refractivity contribution in [2.45, 2.75) is 6.10 Å². The van der Waals surface area contributed by atoms with Gasteiger partial charge in [-0.3, -0.25) is 4.79 Å². The number of fused-ring (bicyclic) bond motifs is 1. The Kier molecular flexibility index (Phi) is 5.12. The van der Waals surface area contributed by atoms with Crippen molar-refractivity contribution in [2.75, 3.05) is 26.6 Å². The van der Waals surface area contributed by atoms with Crippen LogP contribution in [-0.2, 0) is 4.74 Å². The van der Waals surface area contributed by atoms with Crippen molar-refractivity contribution in [3.8, 4) is 11.5 Å². The third kappa shape index (κ3) is 3.82. The fraction of sp³-hybridized carbons (Fsp3) is 0.312. The fourth-order valence-corrected chi connectivity index (χ4v) is 3.01. The molecule has 0 radical (unpaired) electrons. The fourth-order valence-electron chi connectivity index (χ4n) is 2.24. The molecule has 0 saturated heterocycles. The van der Waals surface area contributed by atoms with Gasteiger partial charge in [-0.2, -0.15) is 0 Å². The number of ether oxygens (including phenoxy) is 3. The third-order valence-corrected chi connectivity index (χ3v) is 4.32. The zero-order valence-electron chi connectivity index (χ0n) is 12.4. The largest absolute Gasteiger partial charge is 0.454 e. The first-order chi connectivity index (χ1) is 11.3. The number of thiophene rings is 1. The number of carbonyl (C=O) groups excluding carboxylic acids is 1. The Balaban J connectivity index is 1.62. The van der Waals surface area contributed by atoms with Gasteiger partial charge in [-0.15, -0.1) is 11.3 Å². The molecule has 2 N–H and O–H groups in total. The molecule has 1 aliphatic heterocycles. The van der Waals surface area contributed by atoms with Gasteiger partial charge in [-0.25, -0.2) is 0 Å². The van der Waals surface area contributed by atoms with Gasteiger partial charge in [0.2, 0.25) is 6.79 Å². The predicted molar refractivity (Wildman–Crippen MR) is 85.0 cm³/mol. The number of nitrogens with one attached hydrogen (secondary N) is 1. The molecule has 0 aliphatic carbocycles. The highest BCUT2D eigenvalue weighted by molar-refractivity contribution is 7.10. The quantitative estimate of drug-likeness (QED) is 0.809. The molecule has 0 saturated carbocycles. The second-order valence-corrected chi connectivity index (χ2v) is 5.86. The van der Waals surface area contributed by atoms with E-state index in [4.69, 9.17) is 19.3 Å². The van der Waals surface area contributed by atoms with Gasteiger partial charge in [-0.1, -0.05) is 6.07 Å². The summed E-state index contributed by atoms with van der Waals surface area (Å²) in [6.07, 6.45) is -0.278. The lowest BCUT2D eigenvalue weighted by atomic mass is 10.2. The average Bonchev–Trinajstić information content (AvgIpc) is 3.25. The summed E-state index contributed by atoms with van der Waals surface area (Å²) in [5.41, 5.74) is 0.501. The topological polar surface area (TPSA) is 77.0 Å². The zero-order chi connectivity index (χ0) is 16.1. The molecule has 2 heterocycles. The summed E-state index contributed by atoms with van der Waals surface area (Å²) in [6, 6.07) is 8.94. The van der Waals surface area contributed by atoms with Crippen molar-refractivity contribution >= 4 is 17.2 Å². The molecule has 1 amide bonds. The molecule has 1 aromatic carbocycles. The number of aliphatic hydroxyl groups excluding tert-OH is 1. The van der Waals surface area contributed by atoms with E-state index in [0.717, 1.165) is 4.88 Å². The number of hydrogen-bond acceptors (Lipinski definition) is 6. The predicted octanol–water partition coefficient (Wildman–Crippen LogP) is 1.96. The first-order valence-corrected chi connectivity index (χ1v) is 8.09. The molecule has 0 unspecified atom stereocenters. The molecule has 1 aliphatic rings. The monoisotopic (exact) mass is 335 g/mol. The smallest absolute Gasteiger partial charge is 0.251 e. The molecule has 122 valence electrons. The van der Waals surface area contributed by atoms with Crippen LogP contribution < -0.4 is 14.8 Å². The molecule has 6 nitrogen and oxygen atoms in total. The lowest BCUT2D eigenvalue weighted by Crippen LogP contribution is -2.29. The lowest BCUT2D eigenvalue weighted by molar-refractivity contribution is 0.0296. The molecule has 0 fully saturated rings. The first-order valence-electron chi connectivity index (χ1n) is 7.21. The van der Waals surface area contributed by atoms with Gasteiger partial charge in [-0.05, 0) is 29.6 Å². The van der Waals surface area contributed by atoms with Crippen molar-refractivity contribution in [1.82, 2.24) is 5.32 Å². The van der Waals surface area contributed by atoms with Gasteiger partial charge in [0.25, 0.3) is 5.91 Å². The number of benzene rings is 1. The third-order valence-electron chi connectivity index (χ3n) is 3.35. The van der Waals surface area contributed by atoms with Crippen LogP contribution in [0, 0.1) is 0 Å². The number of hydrogen-bond donors (Lipinski definition) is 2. The van der Waals surface area contributed by atoms with E-state index in [1.54, 1.807) is 29.5 Å². The van der Waals surface area contributed by atoms with Crippen LogP contribution >= 0.6 is 11.3 Å². The molecule has 2 aromatic rings. The molecule has 23 heavy (non-hydrogen) atoms. The summed E-state index contributed by atoms with van der Waals surface area (Å²) in [5, 5.41) is 13.7. The van der Waals surface area contributed by atoms with Crippen LogP contribution in [0.25, 0.3) is 0 Å². The first kappa shape index (κ1) is 15.8. The molecule has 0 spiro atoms. The maximum absolute atomic E-state index is 12.3. The highest BCUT2D eigenvalue weighted by Crippen LogP contribution is 2.32. The lowest BCUT2D eigenvalue weighted by Gasteiger charge is -2.17. The van der Waals surface area contributed by atoms with Crippen LogP contribution in [0.3, 0.4) is 0 Å². The summed E-state index contributed by atoms with van der Waals surface area (Å²) in [6.45, 7) is 0.671. The van der Waals surface area contributed by atoms with E-state index in [0.29, 0.717) is 23.6 Å². The Morgan fingerprint density at radius 3 is 3.00 bits per heavy atom. The standard InChI is InChI=1S/C16H17NO5S/c18-5-6-20-14(15-2-1-7-23-15)9-17-16(19)11-3-4-12-13(8-11)22-10-21-12/h1-4,7-8,14,18H,5-6,9-10H2,(H,17,19)/t14-/m0/s1. The van der Waals surface area contributed by atoms with E-state index in [1.165, 1.54) is 0 Å². The van der Waals surface area contributed by atoms with E-state index in [1.807, 2.05) is 17.5 Å².